The highest BCUT2D eigenvalue weighted by Gasteiger charge is 2.47. The van der Waals surface area contributed by atoms with Gasteiger partial charge in [-0.15, -0.1) is 5.10 Å². The van der Waals surface area contributed by atoms with E-state index in [0.717, 1.165) is 16.7 Å². The molecular weight excluding hydrogens is 590 g/mol. The molecule has 1 aliphatic rings. The Balaban J connectivity index is 1.43. The second kappa shape index (κ2) is 13.5. The monoisotopic (exact) mass is 629 g/mol. The van der Waals surface area contributed by atoms with Crippen LogP contribution in [0.25, 0.3) is 16.9 Å². The molecule has 4 aromatic carbocycles. The minimum Gasteiger partial charge on any atom is -0.487 e. The summed E-state index contributed by atoms with van der Waals surface area (Å²) in [5.74, 6) is 0.306. The molecule has 2 atom stereocenters. The lowest BCUT2D eigenvalue weighted by Crippen LogP contribution is -2.66. The quantitative estimate of drug-likeness (QED) is 0.199. The zero-order valence-corrected chi connectivity index (χ0v) is 26.9. The molecule has 2 unspecified atom stereocenters. The van der Waals surface area contributed by atoms with Crippen molar-refractivity contribution >= 4 is 12.0 Å². The third-order valence-corrected chi connectivity index (χ3v) is 8.61. The third kappa shape index (κ3) is 6.74. The number of rotatable bonds is 8. The van der Waals surface area contributed by atoms with Crippen molar-refractivity contribution in [2.24, 2.45) is 5.41 Å². The molecule has 0 aliphatic carbocycles. The molecular formula is C38H39N5O4. The van der Waals surface area contributed by atoms with E-state index in [9.17, 15) is 14.7 Å². The number of carboxylic acid groups (broad SMARTS) is 1. The van der Waals surface area contributed by atoms with E-state index < -0.39 is 23.6 Å². The molecule has 5 aromatic rings. The van der Waals surface area contributed by atoms with Crippen molar-refractivity contribution in [2.45, 2.75) is 45.9 Å². The number of nitrogens with zero attached hydrogens (tertiary/aromatic N) is 5. The summed E-state index contributed by atoms with van der Waals surface area (Å²) in [6, 6.07) is 36.1. The van der Waals surface area contributed by atoms with Gasteiger partial charge in [-0.2, -0.15) is 0 Å². The first-order valence-corrected chi connectivity index (χ1v) is 15.8. The lowest BCUT2D eigenvalue weighted by molar-refractivity contribution is -0.0146. The smallest absolute Gasteiger partial charge is 0.407 e. The Bertz CT molecular complexity index is 1820. The number of piperazine rings is 1. The Morgan fingerprint density at radius 1 is 0.787 bits per heavy atom. The van der Waals surface area contributed by atoms with Gasteiger partial charge in [-0.05, 0) is 35.1 Å². The first-order chi connectivity index (χ1) is 22.7. The molecule has 1 fully saturated rings. The highest BCUT2D eigenvalue weighted by Crippen LogP contribution is 2.36. The maximum atomic E-state index is 14.8. The van der Waals surface area contributed by atoms with Crippen LogP contribution >= 0.6 is 0 Å². The first kappa shape index (κ1) is 31.5. The molecule has 240 valence electrons. The van der Waals surface area contributed by atoms with Crippen LogP contribution < -0.4 is 4.74 Å². The van der Waals surface area contributed by atoms with Crippen LogP contribution in [-0.2, 0) is 13.0 Å². The fourth-order valence-electron chi connectivity index (χ4n) is 6.56. The van der Waals surface area contributed by atoms with Crippen LogP contribution in [0.5, 0.6) is 5.75 Å². The van der Waals surface area contributed by atoms with E-state index in [2.05, 4.69) is 10.3 Å². The van der Waals surface area contributed by atoms with Crippen molar-refractivity contribution in [3.8, 4) is 22.7 Å². The zero-order valence-electron chi connectivity index (χ0n) is 26.9. The summed E-state index contributed by atoms with van der Waals surface area (Å²) < 4.78 is 7.95. The standard InChI is InChI=1S/C38H39N5O4/c1-38(2,3)35-31(25-27-15-7-4-8-16-27)41(23-24-42(35)37(45)46)36(44)33-34(29-19-11-6-12-20-29)43(40-39-33)30-21-13-14-22-32(30)47-26-28-17-9-5-10-18-28/h4-22,31,35H,23-26H2,1-3H3,(H,45,46). The van der Waals surface area contributed by atoms with E-state index in [0.29, 0.717) is 30.2 Å². The van der Waals surface area contributed by atoms with Crippen LogP contribution in [0.1, 0.15) is 42.4 Å². The second-order valence-corrected chi connectivity index (χ2v) is 12.8. The maximum absolute atomic E-state index is 14.8. The number of carbonyl (C=O) groups is 2. The Morgan fingerprint density at radius 3 is 2.00 bits per heavy atom. The normalized spacial score (nSPS) is 16.6. The molecule has 0 bridgehead atoms. The van der Waals surface area contributed by atoms with Gasteiger partial charge in [0.25, 0.3) is 5.91 Å². The average Bonchev–Trinajstić information content (AvgIpc) is 3.53. The lowest BCUT2D eigenvalue weighted by atomic mass is 9.77. The summed E-state index contributed by atoms with van der Waals surface area (Å²) in [5, 5.41) is 19.3. The van der Waals surface area contributed by atoms with Gasteiger partial charge >= 0.3 is 6.09 Å². The summed E-state index contributed by atoms with van der Waals surface area (Å²) >= 11 is 0. The van der Waals surface area contributed by atoms with Crippen LogP contribution in [0, 0.1) is 5.41 Å². The van der Waals surface area contributed by atoms with Crippen LogP contribution in [-0.4, -0.2) is 67.1 Å². The molecule has 9 nitrogen and oxygen atoms in total. The molecule has 0 spiro atoms. The molecule has 1 N–H and O–H groups in total. The minimum atomic E-state index is -0.988. The first-order valence-electron chi connectivity index (χ1n) is 15.8. The average molecular weight is 630 g/mol. The van der Waals surface area contributed by atoms with Crippen LogP contribution in [0.2, 0.25) is 0 Å². The summed E-state index contributed by atoms with van der Waals surface area (Å²) in [4.78, 5) is 30.6. The molecule has 2 heterocycles. The Hall–Kier alpha value is -5.44. The number of para-hydroxylation sites is 2. The van der Waals surface area contributed by atoms with Crippen molar-refractivity contribution in [2.75, 3.05) is 13.1 Å². The minimum absolute atomic E-state index is 0.194. The highest BCUT2D eigenvalue weighted by atomic mass is 16.5. The van der Waals surface area contributed by atoms with Gasteiger partial charge < -0.3 is 19.6 Å². The number of carbonyl (C=O) groups excluding carboxylic acids is 1. The molecule has 0 radical (unpaired) electrons. The van der Waals surface area contributed by atoms with E-state index in [1.807, 2.05) is 136 Å². The molecule has 1 saturated heterocycles. The van der Waals surface area contributed by atoms with E-state index in [1.165, 1.54) is 4.90 Å². The van der Waals surface area contributed by atoms with Gasteiger partial charge in [-0.1, -0.05) is 129 Å². The molecule has 47 heavy (non-hydrogen) atoms. The number of hydrogen-bond donors (Lipinski definition) is 1. The maximum Gasteiger partial charge on any atom is 0.407 e. The van der Waals surface area contributed by atoms with Crippen LogP contribution in [0.3, 0.4) is 0 Å². The van der Waals surface area contributed by atoms with E-state index in [1.54, 1.807) is 9.58 Å². The predicted molar refractivity (Wildman–Crippen MR) is 181 cm³/mol. The van der Waals surface area contributed by atoms with E-state index in [4.69, 9.17) is 4.74 Å². The Labute approximate surface area is 275 Å². The van der Waals surface area contributed by atoms with Gasteiger partial charge in [-0.25, -0.2) is 9.48 Å². The van der Waals surface area contributed by atoms with Gasteiger partial charge in [0.05, 0.1) is 12.1 Å². The van der Waals surface area contributed by atoms with Crippen molar-refractivity contribution < 1.29 is 19.4 Å². The number of ether oxygens (including phenoxy) is 1. The van der Waals surface area contributed by atoms with E-state index >= 15 is 0 Å². The summed E-state index contributed by atoms with van der Waals surface area (Å²) in [7, 11) is 0. The van der Waals surface area contributed by atoms with Crippen molar-refractivity contribution in [1.82, 2.24) is 24.8 Å². The van der Waals surface area contributed by atoms with Gasteiger partial charge in [0, 0.05) is 18.7 Å². The van der Waals surface area contributed by atoms with Gasteiger partial charge in [0.2, 0.25) is 0 Å². The number of benzene rings is 4. The summed E-state index contributed by atoms with van der Waals surface area (Å²) in [6.45, 7) is 6.86. The molecule has 9 heteroatoms. The Kier molecular flexibility index (Phi) is 9.06. The summed E-state index contributed by atoms with van der Waals surface area (Å²) in [5.41, 5.74) is 3.76. The second-order valence-electron chi connectivity index (χ2n) is 12.8. The van der Waals surface area contributed by atoms with Gasteiger partial charge in [0.1, 0.15) is 23.7 Å². The topological polar surface area (TPSA) is 101 Å². The summed E-state index contributed by atoms with van der Waals surface area (Å²) in [6.07, 6.45) is -0.499. The molecule has 2 amide bonds. The predicted octanol–water partition coefficient (Wildman–Crippen LogP) is 6.98. The van der Waals surface area contributed by atoms with Gasteiger partial charge in [0.15, 0.2) is 5.69 Å². The van der Waals surface area contributed by atoms with Gasteiger partial charge in [-0.3, -0.25) is 4.79 Å². The molecule has 1 aromatic heterocycles. The van der Waals surface area contributed by atoms with Crippen molar-refractivity contribution in [3.63, 3.8) is 0 Å². The fraction of sp³-hybridized carbons (Fsp3) is 0.263. The van der Waals surface area contributed by atoms with E-state index in [-0.39, 0.29) is 24.7 Å². The third-order valence-electron chi connectivity index (χ3n) is 8.61. The largest absolute Gasteiger partial charge is 0.487 e. The highest BCUT2D eigenvalue weighted by molar-refractivity contribution is 5.99. The van der Waals surface area contributed by atoms with Crippen LogP contribution in [0.4, 0.5) is 4.79 Å². The fourth-order valence-corrected chi connectivity index (χ4v) is 6.56. The van der Waals surface area contributed by atoms with Crippen molar-refractivity contribution in [1.29, 1.82) is 0 Å². The SMILES string of the molecule is CC(C)(C)C1C(Cc2ccccc2)N(C(=O)c2nnn(-c3ccccc3OCc3ccccc3)c2-c2ccccc2)CCN1C(=O)O. The number of amides is 2. The molecule has 0 saturated carbocycles. The Morgan fingerprint density at radius 2 is 1.36 bits per heavy atom. The number of aromatic nitrogens is 3. The zero-order chi connectivity index (χ0) is 33.0. The molecule has 6 rings (SSSR count). The molecule has 1 aliphatic heterocycles. The lowest BCUT2D eigenvalue weighted by Gasteiger charge is -2.51. The van der Waals surface area contributed by atoms with Crippen molar-refractivity contribution in [3.05, 3.63) is 132 Å². The number of hydrogen-bond acceptors (Lipinski definition) is 5. The van der Waals surface area contributed by atoms with Crippen LogP contribution in [0.15, 0.2) is 115 Å².